The molecule has 6 heterocycles. The molecule has 1 aliphatic carbocycles. The van der Waals surface area contributed by atoms with Gasteiger partial charge in [0.1, 0.15) is 5.82 Å². The molecule has 5 aliphatic rings. The average Bonchev–Trinajstić information content (AvgIpc) is 3.48. The van der Waals surface area contributed by atoms with Crippen LogP contribution >= 0.6 is 0 Å². The van der Waals surface area contributed by atoms with Crippen molar-refractivity contribution < 1.29 is 9.47 Å². The monoisotopic (exact) mass is 408 g/mol. The molecule has 2 aromatic rings. The highest BCUT2D eigenvalue weighted by Gasteiger charge is 2.45. The Bertz CT molecular complexity index is 976. The molecule has 0 radical (unpaired) electrons. The molecule has 30 heavy (non-hydrogen) atoms. The molecule has 2 N–H and O–H groups in total. The molecule has 4 bridgehead atoms. The molecule has 2 unspecified atom stereocenters. The van der Waals surface area contributed by atoms with Gasteiger partial charge in [-0.15, -0.1) is 0 Å². The van der Waals surface area contributed by atoms with Crippen molar-refractivity contribution in [1.29, 1.82) is 0 Å². The van der Waals surface area contributed by atoms with E-state index >= 15 is 0 Å². The number of nitrogens with zero attached hydrogens (tertiary/aromatic N) is 5. The Morgan fingerprint density at radius 3 is 2.63 bits per heavy atom. The van der Waals surface area contributed by atoms with E-state index < -0.39 is 0 Å². The maximum atomic E-state index is 6.04. The molecule has 8 nitrogen and oxygen atoms in total. The van der Waals surface area contributed by atoms with Crippen molar-refractivity contribution in [2.75, 3.05) is 35.2 Å². The molecule has 4 aliphatic heterocycles. The van der Waals surface area contributed by atoms with E-state index in [1.807, 2.05) is 19.9 Å². The SMILES string of the molecule is CC(C)Oc1cc(-c2cc(N3CC4CC3CO4)nc(N3CC4CC3C4)n2)cnc1N. The van der Waals surface area contributed by atoms with Gasteiger partial charge in [-0.2, -0.15) is 4.98 Å². The first-order chi connectivity index (χ1) is 14.5. The number of morpholine rings is 1. The zero-order valence-corrected chi connectivity index (χ0v) is 17.5. The third kappa shape index (κ3) is 2.96. The highest BCUT2D eigenvalue weighted by Crippen LogP contribution is 2.43. The van der Waals surface area contributed by atoms with Gasteiger partial charge in [-0.1, -0.05) is 0 Å². The van der Waals surface area contributed by atoms with E-state index in [1.165, 1.54) is 12.8 Å². The predicted molar refractivity (Wildman–Crippen MR) is 115 cm³/mol. The van der Waals surface area contributed by atoms with Crippen LogP contribution in [-0.4, -0.2) is 58.9 Å². The Balaban J connectivity index is 1.41. The lowest BCUT2D eigenvalue weighted by molar-refractivity contribution is 0.0989. The van der Waals surface area contributed by atoms with Gasteiger partial charge in [0.25, 0.3) is 0 Å². The highest BCUT2D eigenvalue weighted by molar-refractivity contribution is 5.68. The van der Waals surface area contributed by atoms with Crippen LogP contribution in [0.5, 0.6) is 5.75 Å². The summed E-state index contributed by atoms with van der Waals surface area (Å²) in [6.45, 7) is 6.70. The lowest BCUT2D eigenvalue weighted by atomic mass is 9.86. The summed E-state index contributed by atoms with van der Waals surface area (Å²) >= 11 is 0. The van der Waals surface area contributed by atoms with Crippen LogP contribution in [0.25, 0.3) is 11.3 Å². The van der Waals surface area contributed by atoms with Gasteiger partial charge in [0, 0.05) is 37.0 Å². The summed E-state index contributed by atoms with van der Waals surface area (Å²) in [5.74, 6) is 3.61. The van der Waals surface area contributed by atoms with Crippen molar-refractivity contribution in [2.45, 2.75) is 57.4 Å². The van der Waals surface area contributed by atoms with Gasteiger partial charge in [-0.25, -0.2) is 9.97 Å². The van der Waals surface area contributed by atoms with Gasteiger partial charge in [-0.3, -0.25) is 0 Å². The minimum absolute atomic E-state index is 0.0254. The van der Waals surface area contributed by atoms with Crippen LogP contribution in [0.1, 0.15) is 33.1 Å². The quantitative estimate of drug-likeness (QED) is 0.807. The van der Waals surface area contributed by atoms with Gasteiger partial charge in [0.05, 0.1) is 30.6 Å². The van der Waals surface area contributed by atoms with Crippen molar-refractivity contribution in [3.63, 3.8) is 0 Å². The zero-order chi connectivity index (χ0) is 20.4. The topological polar surface area (TPSA) is 89.6 Å². The van der Waals surface area contributed by atoms with Crippen LogP contribution in [0.2, 0.25) is 0 Å². The molecular formula is C22H28N6O2. The second kappa shape index (κ2) is 6.70. The summed E-state index contributed by atoms with van der Waals surface area (Å²) in [5.41, 5.74) is 7.80. The number of hydrogen-bond acceptors (Lipinski definition) is 8. The fraction of sp³-hybridized carbons (Fsp3) is 0.591. The third-order valence-electron chi connectivity index (χ3n) is 6.80. The zero-order valence-electron chi connectivity index (χ0n) is 17.5. The maximum Gasteiger partial charge on any atom is 0.228 e. The largest absolute Gasteiger partial charge is 0.487 e. The van der Waals surface area contributed by atoms with Gasteiger partial charge in [-0.05, 0) is 45.1 Å². The first kappa shape index (κ1) is 18.2. The lowest BCUT2D eigenvalue weighted by Gasteiger charge is -2.30. The van der Waals surface area contributed by atoms with Crippen molar-refractivity contribution >= 4 is 17.6 Å². The molecule has 1 saturated carbocycles. The average molecular weight is 409 g/mol. The number of hydrogen-bond donors (Lipinski definition) is 1. The van der Waals surface area contributed by atoms with E-state index in [0.717, 1.165) is 55.1 Å². The Morgan fingerprint density at radius 2 is 1.97 bits per heavy atom. The third-order valence-corrected chi connectivity index (χ3v) is 6.80. The van der Waals surface area contributed by atoms with Crippen LogP contribution < -0.4 is 20.3 Å². The second-order valence-electron chi connectivity index (χ2n) is 9.33. The molecule has 4 saturated heterocycles. The summed E-state index contributed by atoms with van der Waals surface area (Å²) in [6.07, 6.45) is 5.74. The normalized spacial score (nSPS) is 29.0. The van der Waals surface area contributed by atoms with Crippen molar-refractivity contribution in [3.05, 3.63) is 18.3 Å². The van der Waals surface area contributed by atoms with E-state index in [1.54, 1.807) is 6.20 Å². The Labute approximate surface area is 176 Å². The van der Waals surface area contributed by atoms with E-state index in [0.29, 0.717) is 29.8 Å². The van der Waals surface area contributed by atoms with Crippen molar-refractivity contribution in [3.8, 4) is 17.0 Å². The minimum Gasteiger partial charge on any atom is -0.487 e. The van der Waals surface area contributed by atoms with Crippen LogP contribution in [0.3, 0.4) is 0 Å². The Morgan fingerprint density at radius 1 is 1.10 bits per heavy atom. The molecule has 158 valence electrons. The Hall–Kier alpha value is -2.61. The molecule has 2 aromatic heterocycles. The molecule has 0 amide bonds. The van der Waals surface area contributed by atoms with Crippen LogP contribution in [0.4, 0.5) is 17.6 Å². The van der Waals surface area contributed by atoms with Crippen LogP contribution in [0.15, 0.2) is 18.3 Å². The maximum absolute atomic E-state index is 6.04. The molecule has 7 rings (SSSR count). The van der Waals surface area contributed by atoms with Crippen LogP contribution in [-0.2, 0) is 4.74 Å². The summed E-state index contributed by atoms with van der Waals surface area (Å²) < 4.78 is 11.7. The number of fused-ring (bicyclic) bond motifs is 3. The first-order valence-electron chi connectivity index (χ1n) is 11.0. The molecule has 8 heteroatoms. The van der Waals surface area contributed by atoms with E-state index in [-0.39, 0.29) is 6.10 Å². The van der Waals surface area contributed by atoms with E-state index in [9.17, 15) is 0 Å². The number of nitrogen functional groups attached to an aromatic ring is 1. The molecule has 0 spiro atoms. The van der Waals surface area contributed by atoms with Gasteiger partial charge in [0.15, 0.2) is 11.6 Å². The van der Waals surface area contributed by atoms with E-state index in [4.69, 9.17) is 25.2 Å². The standard InChI is InChI=1S/C22H28N6O2/c1-12(2)30-19-5-14(8-24-21(19)23)18-7-20(27-10-17-6-16(27)11-29-17)26-22(25-18)28-9-13-3-15(28)4-13/h5,7-8,12-13,15-17H,3-4,6,9-11H2,1-2H3,(H2,23,24). The van der Waals surface area contributed by atoms with Crippen molar-refractivity contribution in [1.82, 2.24) is 15.0 Å². The highest BCUT2D eigenvalue weighted by atomic mass is 16.5. The summed E-state index contributed by atoms with van der Waals surface area (Å²) in [7, 11) is 0. The van der Waals surface area contributed by atoms with Crippen molar-refractivity contribution in [2.24, 2.45) is 5.92 Å². The summed E-state index contributed by atoms with van der Waals surface area (Å²) in [5, 5.41) is 0. The summed E-state index contributed by atoms with van der Waals surface area (Å²) in [4.78, 5) is 19.1. The fourth-order valence-corrected chi connectivity index (χ4v) is 5.25. The van der Waals surface area contributed by atoms with Gasteiger partial charge in [0.2, 0.25) is 5.95 Å². The van der Waals surface area contributed by atoms with E-state index in [2.05, 4.69) is 20.9 Å². The smallest absolute Gasteiger partial charge is 0.228 e. The van der Waals surface area contributed by atoms with Crippen LogP contribution in [0, 0.1) is 5.92 Å². The van der Waals surface area contributed by atoms with Gasteiger partial charge < -0.3 is 25.0 Å². The number of nitrogens with two attached hydrogens (primary N) is 1. The fourth-order valence-electron chi connectivity index (χ4n) is 5.25. The minimum atomic E-state index is 0.0254. The number of rotatable bonds is 5. The number of aromatic nitrogens is 3. The molecule has 2 atom stereocenters. The predicted octanol–water partition coefficient (Wildman–Crippen LogP) is 2.48. The summed E-state index contributed by atoms with van der Waals surface area (Å²) in [6, 6.07) is 5.02. The molecular weight excluding hydrogens is 380 g/mol. The number of ether oxygens (including phenoxy) is 2. The van der Waals surface area contributed by atoms with Gasteiger partial charge >= 0.3 is 0 Å². The number of anilines is 3. The Kier molecular flexibility index (Phi) is 4.06. The lowest BCUT2D eigenvalue weighted by Crippen LogP contribution is -2.38. The molecule has 5 fully saturated rings. The second-order valence-corrected chi connectivity index (χ2v) is 9.33. The molecule has 0 aromatic carbocycles. The first-order valence-corrected chi connectivity index (χ1v) is 11.0. The number of pyridine rings is 1.